The van der Waals surface area contributed by atoms with Gasteiger partial charge in [-0.1, -0.05) is 62.2 Å². The number of hydrogen-bond donors (Lipinski definition) is 1. The zero-order valence-electron chi connectivity index (χ0n) is 19.0. The van der Waals surface area contributed by atoms with Crippen molar-refractivity contribution < 1.29 is 17.9 Å². The van der Waals surface area contributed by atoms with Gasteiger partial charge in [0, 0.05) is 6.54 Å². The molecule has 1 N–H and O–H groups in total. The first-order chi connectivity index (χ1) is 16.0. The van der Waals surface area contributed by atoms with Crippen LogP contribution in [0.5, 0.6) is 5.75 Å². The Morgan fingerprint density at radius 2 is 1.58 bits per heavy atom. The van der Waals surface area contributed by atoms with Crippen LogP contribution in [0.1, 0.15) is 42.1 Å². The van der Waals surface area contributed by atoms with Gasteiger partial charge in [-0.25, -0.2) is 8.42 Å². The molecule has 33 heavy (non-hydrogen) atoms. The number of unbranched alkanes of at least 4 members (excludes halogenated alkanes) is 2. The van der Waals surface area contributed by atoms with Crippen LogP contribution in [0.15, 0.2) is 83.8 Å². The van der Waals surface area contributed by atoms with Crippen molar-refractivity contribution in [3.05, 3.63) is 90.0 Å². The molecule has 6 nitrogen and oxygen atoms in total. The van der Waals surface area contributed by atoms with Crippen LogP contribution in [0.25, 0.3) is 0 Å². The number of rotatable bonds is 11. The molecule has 0 fully saturated rings. The Bertz CT molecular complexity index is 1150. The summed E-state index contributed by atoms with van der Waals surface area (Å²) in [6, 6.07) is 22.4. The number of anilines is 1. The zero-order valence-corrected chi connectivity index (χ0v) is 19.8. The van der Waals surface area contributed by atoms with E-state index in [9.17, 15) is 13.2 Å². The molecule has 1 amide bonds. The average molecular weight is 467 g/mol. The number of hydrogen-bond acceptors (Lipinski definition) is 4. The Balaban J connectivity index is 2.02. The summed E-state index contributed by atoms with van der Waals surface area (Å²) < 4.78 is 34.0. The first kappa shape index (κ1) is 24.3. The summed E-state index contributed by atoms with van der Waals surface area (Å²) in [4.78, 5) is 13.1. The minimum absolute atomic E-state index is 0.0926. The van der Waals surface area contributed by atoms with Crippen molar-refractivity contribution in [2.75, 3.05) is 18.0 Å². The average Bonchev–Trinajstić information content (AvgIpc) is 2.85. The number of benzene rings is 3. The van der Waals surface area contributed by atoms with Crippen molar-refractivity contribution in [2.24, 2.45) is 0 Å². The molecule has 0 aliphatic rings. The van der Waals surface area contributed by atoms with Crippen molar-refractivity contribution >= 4 is 21.6 Å². The Hall–Kier alpha value is -3.32. The first-order valence-corrected chi connectivity index (χ1v) is 12.5. The minimum atomic E-state index is -3.96. The fourth-order valence-electron chi connectivity index (χ4n) is 3.48. The van der Waals surface area contributed by atoms with Gasteiger partial charge in [-0.2, -0.15) is 0 Å². The summed E-state index contributed by atoms with van der Waals surface area (Å²) in [5.74, 6) is 0.278. The normalized spacial score (nSPS) is 11.1. The number of nitrogens with zero attached hydrogens (tertiary/aromatic N) is 1. The van der Waals surface area contributed by atoms with Crippen LogP contribution in [0.3, 0.4) is 0 Å². The molecule has 0 spiro atoms. The van der Waals surface area contributed by atoms with Crippen molar-refractivity contribution in [2.45, 2.75) is 37.6 Å². The maximum Gasteiger partial charge on any atom is 0.264 e. The van der Waals surface area contributed by atoms with Crippen LogP contribution >= 0.6 is 0 Å². The highest BCUT2D eigenvalue weighted by atomic mass is 32.2. The van der Waals surface area contributed by atoms with Gasteiger partial charge in [0.05, 0.1) is 29.8 Å². The number of amides is 1. The van der Waals surface area contributed by atoms with E-state index in [4.69, 9.17) is 4.74 Å². The number of para-hydroxylation sites is 1. The monoisotopic (exact) mass is 466 g/mol. The summed E-state index contributed by atoms with van der Waals surface area (Å²) in [5.41, 5.74) is 1.47. The molecule has 3 aromatic carbocycles. The molecule has 0 aliphatic carbocycles. The topological polar surface area (TPSA) is 75.7 Å². The highest BCUT2D eigenvalue weighted by Gasteiger charge is 2.28. The largest absolute Gasteiger partial charge is 0.497 e. The molecular formula is C26H30N2O4S. The summed E-state index contributed by atoms with van der Waals surface area (Å²) in [7, 11) is -2.44. The third-order valence-electron chi connectivity index (χ3n) is 5.30. The quantitative estimate of drug-likeness (QED) is 0.403. The molecule has 0 unspecified atom stereocenters. The zero-order chi connectivity index (χ0) is 23.7. The molecule has 0 atom stereocenters. The fourth-order valence-corrected chi connectivity index (χ4v) is 4.95. The molecule has 0 aromatic heterocycles. The number of nitrogens with one attached hydrogen (secondary N) is 1. The Morgan fingerprint density at radius 1 is 0.909 bits per heavy atom. The van der Waals surface area contributed by atoms with E-state index >= 15 is 0 Å². The van der Waals surface area contributed by atoms with Crippen molar-refractivity contribution in [3.8, 4) is 5.75 Å². The SMILES string of the molecule is CCCCCNC(=O)c1ccccc1N(Cc1ccccc1)S(=O)(=O)c1ccc(OC)cc1. The lowest BCUT2D eigenvalue weighted by atomic mass is 10.1. The van der Waals surface area contributed by atoms with Gasteiger partial charge < -0.3 is 10.1 Å². The predicted octanol–water partition coefficient (Wildman–Crippen LogP) is 5.01. The van der Waals surface area contributed by atoms with Gasteiger partial charge in [0.1, 0.15) is 5.75 Å². The molecule has 3 aromatic rings. The summed E-state index contributed by atoms with van der Waals surface area (Å²) in [6.45, 7) is 2.74. The second-order valence-corrected chi connectivity index (χ2v) is 9.52. The van der Waals surface area contributed by atoms with Gasteiger partial charge in [0.25, 0.3) is 15.9 Å². The maximum absolute atomic E-state index is 13.8. The van der Waals surface area contributed by atoms with Crippen molar-refractivity contribution in [1.29, 1.82) is 0 Å². The maximum atomic E-state index is 13.8. The van der Waals surface area contributed by atoms with Crippen molar-refractivity contribution in [3.63, 3.8) is 0 Å². The molecule has 7 heteroatoms. The first-order valence-electron chi connectivity index (χ1n) is 11.0. The Morgan fingerprint density at radius 3 is 2.24 bits per heavy atom. The number of carbonyl (C=O) groups excluding carboxylic acids is 1. The van der Waals surface area contributed by atoms with E-state index in [2.05, 4.69) is 12.2 Å². The number of carbonyl (C=O) groups is 1. The predicted molar refractivity (Wildman–Crippen MR) is 131 cm³/mol. The second-order valence-electron chi connectivity index (χ2n) is 7.65. The van der Waals surface area contributed by atoms with Gasteiger partial charge in [-0.05, 0) is 48.4 Å². The van der Waals surface area contributed by atoms with E-state index in [1.807, 2.05) is 30.3 Å². The standard InChI is InChI=1S/C26H30N2O4S/c1-3-4-10-19-27-26(29)24-13-8-9-14-25(24)28(20-21-11-6-5-7-12-21)33(30,31)23-17-15-22(32-2)16-18-23/h5-9,11-18H,3-4,10,19-20H2,1-2H3,(H,27,29). The molecule has 3 rings (SSSR count). The molecule has 0 saturated heterocycles. The van der Waals surface area contributed by atoms with Crippen LogP contribution in [0, 0.1) is 0 Å². The van der Waals surface area contributed by atoms with Crippen molar-refractivity contribution in [1.82, 2.24) is 5.32 Å². The Kier molecular flexibility index (Phi) is 8.49. The lowest BCUT2D eigenvalue weighted by Gasteiger charge is -2.26. The van der Waals surface area contributed by atoms with Crippen LogP contribution in [0.2, 0.25) is 0 Å². The van der Waals surface area contributed by atoms with E-state index in [1.54, 1.807) is 36.4 Å². The lowest BCUT2D eigenvalue weighted by molar-refractivity contribution is 0.0953. The van der Waals surface area contributed by atoms with Gasteiger partial charge in [0.15, 0.2) is 0 Å². The van der Waals surface area contributed by atoms with E-state index in [0.29, 0.717) is 23.5 Å². The second kappa shape index (κ2) is 11.5. The summed E-state index contributed by atoms with van der Waals surface area (Å²) in [5, 5.41) is 2.92. The third-order valence-corrected chi connectivity index (χ3v) is 7.07. The summed E-state index contributed by atoms with van der Waals surface area (Å²) in [6.07, 6.45) is 2.95. The number of methoxy groups -OCH3 is 1. The van der Waals surface area contributed by atoms with E-state index in [-0.39, 0.29) is 17.3 Å². The highest BCUT2D eigenvalue weighted by molar-refractivity contribution is 7.92. The highest BCUT2D eigenvalue weighted by Crippen LogP contribution is 2.30. The molecular weight excluding hydrogens is 436 g/mol. The van der Waals surface area contributed by atoms with Gasteiger partial charge in [0.2, 0.25) is 0 Å². The molecule has 0 radical (unpaired) electrons. The van der Waals surface area contributed by atoms with Crippen LogP contribution in [0.4, 0.5) is 5.69 Å². The summed E-state index contributed by atoms with van der Waals surface area (Å²) >= 11 is 0. The smallest absolute Gasteiger partial charge is 0.264 e. The molecule has 0 saturated carbocycles. The van der Waals surface area contributed by atoms with E-state index in [0.717, 1.165) is 24.8 Å². The van der Waals surface area contributed by atoms with Gasteiger partial charge >= 0.3 is 0 Å². The Labute approximate surface area is 196 Å². The number of ether oxygens (including phenoxy) is 1. The van der Waals surface area contributed by atoms with E-state index in [1.165, 1.54) is 23.5 Å². The van der Waals surface area contributed by atoms with Crippen LogP contribution < -0.4 is 14.4 Å². The molecule has 174 valence electrons. The van der Waals surface area contributed by atoms with Gasteiger partial charge in [-0.3, -0.25) is 9.10 Å². The molecule has 0 bridgehead atoms. The third kappa shape index (κ3) is 6.14. The van der Waals surface area contributed by atoms with Crippen LogP contribution in [-0.2, 0) is 16.6 Å². The van der Waals surface area contributed by atoms with Gasteiger partial charge in [-0.15, -0.1) is 0 Å². The molecule has 0 aliphatic heterocycles. The fraction of sp³-hybridized carbons (Fsp3) is 0.269. The number of sulfonamides is 1. The van der Waals surface area contributed by atoms with E-state index < -0.39 is 10.0 Å². The van der Waals surface area contributed by atoms with Crippen LogP contribution in [-0.4, -0.2) is 28.0 Å². The molecule has 0 heterocycles. The lowest BCUT2D eigenvalue weighted by Crippen LogP contribution is -2.33. The minimum Gasteiger partial charge on any atom is -0.497 e.